The van der Waals surface area contributed by atoms with E-state index in [2.05, 4.69) is 5.32 Å². The van der Waals surface area contributed by atoms with Crippen molar-refractivity contribution in [3.8, 4) is 5.75 Å². The molecule has 0 saturated carbocycles. The van der Waals surface area contributed by atoms with Crippen LogP contribution in [0.2, 0.25) is 10.0 Å². The van der Waals surface area contributed by atoms with Crippen LogP contribution >= 0.6 is 23.2 Å². The summed E-state index contributed by atoms with van der Waals surface area (Å²) in [6.07, 6.45) is 1.45. The molecule has 162 valence electrons. The van der Waals surface area contributed by atoms with Crippen LogP contribution in [0, 0.1) is 0 Å². The fourth-order valence-corrected chi connectivity index (χ4v) is 3.68. The number of ether oxygens (including phenoxy) is 1. The van der Waals surface area contributed by atoms with Crippen LogP contribution in [0.15, 0.2) is 42.5 Å². The van der Waals surface area contributed by atoms with Crippen molar-refractivity contribution >= 4 is 35.0 Å². The maximum absolute atomic E-state index is 13.3. The highest BCUT2D eigenvalue weighted by molar-refractivity contribution is 6.36. The van der Waals surface area contributed by atoms with Gasteiger partial charge < -0.3 is 15.0 Å². The van der Waals surface area contributed by atoms with Crippen LogP contribution in [0.1, 0.15) is 37.8 Å². The smallest absolute Gasteiger partial charge is 0.242 e. The van der Waals surface area contributed by atoms with Gasteiger partial charge in [-0.1, -0.05) is 55.2 Å². The molecule has 0 radical (unpaired) electrons. The summed E-state index contributed by atoms with van der Waals surface area (Å²) in [6.45, 7) is 4.59. The number of hydrogen-bond donors (Lipinski definition) is 1. The molecule has 0 unspecified atom stereocenters. The van der Waals surface area contributed by atoms with Gasteiger partial charge in [-0.3, -0.25) is 9.59 Å². The Morgan fingerprint density at radius 3 is 2.23 bits per heavy atom. The van der Waals surface area contributed by atoms with Crippen LogP contribution < -0.4 is 10.1 Å². The van der Waals surface area contributed by atoms with Crippen LogP contribution in [-0.4, -0.2) is 36.4 Å². The molecule has 0 aliphatic carbocycles. The quantitative estimate of drug-likeness (QED) is 0.560. The molecule has 1 N–H and O–H groups in total. The van der Waals surface area contributed by atoms with Gasteiger partial charge in [-0.2, -0.15) is 0 Å². The zero-order valence-electron chi connectivity index (χ0n) is 17.6. The third-order valence-electron chi connectivity index (χ3n) is 4.84. The van der Waals surface area contributed by atoms with E-state index < -0.39 is 6.04 Å². The zero-order valence-corrected chi connectivity index (χ0v) is 19.1. The number of amides is 2. The van der Waals surface area contributed by atoms with Crippen molar-refractivity contribution < 1.29 is 14.3 Å². The second-order valence-corrected chi connectivity index (χ2v) is 7.78. The Hall–Kier alpha value is -2.24. The van der Waals surface area contributed by atoms with E-state index in [1.807, 2.05) is 38.1 Å². The lowest BCUT2D eigenvalue weighted by Crippen LogP contribution is -2.49. The molecule has 0 aromatic heterocycles. The van der Waals surface area contributed by atoms with E-state index in [0.717, 1.165) is 17.7 Å². The third-order valence-corrected chi connectivity index (χ3v) is 5.55. The summed E-state index contributed by atoms with van der Waals surface area (Å²) < 4.78 is 5.17. The van der Waals surface area contributed by atoms with Crippen molar-refractivity contribution in [2.75, 3.05) is 13.7 Å². The Balaban J connectivity index is 2.32. The third kappa shape index (κ3) is 6.38. The number of methoxy groups -OCH3 is 1. The van der Waals surface area contributed by atoms with Gasteiger partial charge in [0.15, 0.2) is 0 Å². The second kappa shape index (κ2) is 11.8. The van der Waals surface area contributed by atoms with E-state index in [1.54, 1.807) is 30.2 Å². The van der Waals surface area contributed by atoms with E-state index >= 15 is 0 Å². The maximum atomic E-state index is 13.3. The van der Waals surface area contributed by atoms with Crippen molar-refractivity contribution in [1.82, 2.24) is 10.2 Å². The molecule has 2 amide bonds. The lowest BCUT2D eigenvalue weighted by molar-refractivity contribution is -0.140. The number of rotatable bonds is 10. The predicted molar refractivity (Wildman–Crippen MR) is 121 cm³/mol. The van der Waals surface area contributed by atoms with E-state index in [1.165, 1.54) is 0 Å². The molecule has 2 aromatic carbocycles. The molecule has 0 bridgehead atoms. The highest BCUT2D eigenvalue weighted by Gasteiger charge is 2.29. The molecule has 0 heterocycles. The van der Waals surface area contributed by atoms with Crippen LogP contribution in [0.5, 0.6) is 5.75 Å². The fraction of sp³-hybridized carbons (Fsp3) is 0.391. The standard InChI is InChI=1S/C23H28Cl2N2O3/c1-4-13-26-23(29)21(5-2)27(15-18-19(24)7-6-8-20(18)25)22(28)14-16-9-11-17(30-3)12-10-16/h6-12,21H,4-5,13-15H2,1-3H3,(H,26,29)/t21-/m0/s1. The molecule has 2 rings (SSSR count). The molecule has 7 heteroatoms. The Kier molecular flexibility index (Phi) is 9.47. The van der Waals surface area contributed by atoms with Crippen LogP contribution in [0.4, 0.5) is 0 Å². The van der Waals surface area contributed by atoms with Crippen LogP contribution in [0.25, 0.3) is 0 Å². The predicted octanol–water partition coefficient (Wildman–Crippen LogP) is 4.88. The Labute approximate surface area is 188 Å². The summed E-state index contributed by atoms with van der Waals surface area (Å²) in [5, 5.41) is 3.83. The van der Waals surface area contributed by atoms with Gasteiger partial charge in [-0.15, -0.1) is 0 Å². The van der Waals surface area contributed by atoms with E-state index in [-0.39, 0.29) is 24.8 Å². The largest absolute Gasteiger partial charge is 0.497 e. The summed E-state index contributed by atoms with van der Waals surface area (Å²) in [7, 11) is 1.59. The van der Waals surface area contributed by atoms with Gasteiger partial charge in [0.2, 0.25) is 11.8 Å². The summed E-state index contributed by atoms with van der Waals surface area (Å²) in [5.74, 6) is 0.372. The lowest BCUT2D eigenvalue weighted by Gasteiger charge is -2.31. The first-order valence-electron chi connectivity index (χ1n) is 10.0. The lowest BCUT2D eigenvalue weighted by atomic mass is 10.1. The fourth-order valence-electron chi connectivity index (χ4n) is 3.16. The average Bonchev–Trinajstić information content (AvgIpc) is 2.74. The Morgan fingerprint density at radius 1 is 1.07 bits per heavy atom. The second-order valence-electron chi connectivity index (χ2n) is 6.96. The first-order chi connectivity index (χ1) is 14.4. The van der Waals surface area contributed by atoms with Gasteiger partial charge in [0.25, 0.3) is 0 Å². The first kappa shape index (κ1) is 24.0. The average molecular weight is 451 g/mol. The van der Waals surface area contributed by atoms with Gasteiger partial charge in [0.05, 0.1) is 13.5 Å². The number of nitrogens with zero attached hydrogens (tertiary/aromatic N) is 1. The molecule has 30 heavy (non-hydrogen) atoms. The molecule has 0 spiro atoms. The molecule has 5 nitrogen and oxygen atoms in total. The van der Waals surface area contributed by atoms with Crippen molar-refractivity contribution in [3.05, 3.63) is 63.6 Å². The van der Waals surface area contributed by atoms with E-state index in [9.17, 15) is 9.59 Å². The Morgan fingerprint density at radius 2 is 1.70 bits per heavy atom. The molecule has 0 aliphatic rings. The molecular weight excluding hydrogens is 423 g/mol. The van der Waals surface area contributed by atoms with Gasteiger partial charge in [-0.05, 0) is 42.7 Å². The Bertz CT molecular complexity index is 836. The minimum absolute atomic E-state index is 0.156. The number of halogens is 2. The van der Waals surface area contributed by atoms with Crippen LogP contribution in [0.3, 0.4) is 0 Å². The van der Waals surface area contributed by atoms with Gasteiger partial charge in [0, 0.05) is 28.7 Å². The summed E-state index contributed by atoms with van der Waals surface area (Å²) in [5.41, 5.74) is 1.46. The van der Waals surface area contributed by atoms with Crippen LogP contribution in [-0.2, 0) is 22.6 Å². The number of nitrogens with one attached hydrogen (secondary N) is 1. The van der Waals surface area contributed by atoms with Crippen molar-refractivity contribution in [1.29, 1.82) is 0 Å². The number of hydrogen-bond acceptors (Lipinski definition) is 3. The SMILES string of the molecule is CCCNC(=O)[C@H](CC)N(Cc1c(Cl)cccc1Cl)C(=O)Cc1ccc(OC)cc1. The van der Waals surface area contributed by atoms with E-state index in [4.69, 9.17) is 27.9 Å². The van der Waals surface area contributed by atoms with Crippen molar-refractivity contribution in [3.63, 3.8) is 0 Å². The molecular formula is C23H28Cl2N2O3. The first-order valence-corrected chi connectivity index (χ1v) is 10.8. The van der Waals surface area contributed by atoms with Crippen molar-refractivity contribution in [2.24, 2.45) is 0 Å². The van der Waals surface area contributed by atoms with Gasteiger partial charge in [0.1, 0.15) is 11.8 Å². The summed E-state index contributed by atoms with van der Waals surface area (Å²) in [6, 6.07) is 11.9. The molecule has 1 atom stereocenters. The number of benzene rings is 2. The molecule has 0 saturated heterocycles. The van der Waals surface area contributed by atoms with E-state index in [0.29, 0.717) is 28.6 Å². The minimum atomic E-state index is -0.616. The van der Waals surface area contributed by atoms with Gasteiger partial charge in [-0.25, -0.2) is 0 Å². The number of carbonyl (C=O) groups is 2. The molecule has 0 aliphatic heterocycles. The summed E-state index contributed by atoms with van der Waals surface area (Å²) >= 11 is 12.7. The minimum Gasteiger partial charge on any atom is -0.497 e. The highest BCUT2D eigenvalue weighted by Crippen LogP contribution is 2.27. The normalized spacial score (nSPS) is 11.6. The maximum Gasteiger partial charge on any atom is 0.242 e. The molecule has 0 fully saturated rings. The monoisotopic (exact) mass is 450 g/mol. The topological polar surface area (TPSA) is 58.6 Å². The highest BCUT2D eigenvalue weighted by atomic mass is 35.5. The summed E-state index contributed by atoms with van der Waals surface area (Å²) in [4.78, 5) is 27.7. The zero-order chi connectivity index (χ0) is 22.1. The van der Waals surface area contributed by atoms with Crippen molar-refractivity contribution in [2.45, 2.75) is 45.7 Å². The number of carbonyl (C=O) groups excluding carboxylic acids is 2. The molecule has 2 aromatic rings. The van der Waals surface area contributed by atoms with Gasteiger partial charge >= 0.3 is 0 Å².